The molecule has 34 heavy (non-hydrogen) atoms. The van der Waals surface area contributed by atoms with Crippen molar-refractivity contribution in [1.82, 2.24) is 9.97 Å². The van der Waals surface area contributed by atoms with E-state index in [4.69, 9.17) is 0 Å². The second-order valence-electron chi connectivity index (χ2n) is 8.82. The zero-order chi connectivity index (χ0) is 22.6. The summed E-state index contributed by atoms with van der Waals surface area (Å²) < 4.78 is 1.27. The van der Waals surface area contributed by atoms with Crippen LogP contribution in [0.25, 0.3) is 31.0 Å². The fraction of sp³-hybridized carbons (Fsp3) is 0.0323. The fourth-order valence-corrected chi connectivity index (χ4v) is 6.61. The number of para-hydroxylation sites is 2. The lowest BCUT2D eigenvalue weighted by molar-refractivity contribution is 0.992. The van der Waals surface area contributed by atoms with Gasteiger partial charge in [0.15, 0.2) is 0 Å². The number of halogens is 1. The number of fused-ring (bicyclic) bond motifs is 5. The molecule has 0 radical (unpaired) electrons. The topological polar surface area (TPSA) is 31.6 Å². The number of aromatic amines is 2. The molecule has 2 heterocycles. The van der Waals surface area contributed by atoms with Crippen LogP contribution in [0.3, 0.4) is 0 Å². The second kappa shape index (κ2) is 7.74. The Kier molecular flexibility index (Phi) is 4.52. The lowest BCUT2D eigenvalue weighted by Gasteiger charge is -2.20. The molecule has 2 aromatic heterocycles. The van der Waals surface area contributed by atoms with Gasteiger partial charge >= 0.3 is 0 Å². The van der Waals surface area contributed by atoms with Crippen molar-refractivity contribution in [3.63, 3.8) is 0 Å². The van der Waals surface area contributed by atoms with Gasteiger partial charge in [0.1, 0.15) is 0 Å². The van der Waals surface area contributed by atoms with Gasteiger partial charge in [-0.15, -0.1) is 0 Å². The van der Waals surface area contributed by atoms with E-state index in [-0.39, 0.29) is 5.92 Å². The summed E-state index contributed by atoms with van der Waals surface area (Å²) in [4.78, 5) is 7.37. The minimum Gasteiger partial charge on any atom is -0.361 e. The first-order chi connectivity index (χ1) is 16.8. The van der Waals surface area contributed by atoms with E-state index >= 15 is 0 Å². The summed E-state index contributed by atoms with van der Waals surface area (Å²) >= 11 is 2.56. The molecule has 1 unspecified atom stereocenters. The standard InChI is InChI=1S/C31H21IN2/c32-30-22-14-5-4-13-21(22)28(24-18-33-25-16-8-6-12-20(24)25)29-23-15-7-9-17-26(23)34-31(29)27(30)19-10-2-1-3-11-19/h1-18,28,33-34H. The molecule has 0 saturated carbocycles. The highest BCUT2D eigenvalue weighted by Crippen LogP contribution is 2.51. The van der Waals surface area contributed by atoms with E-state index < -0.39 is 0 Å². The molecule has 0 saturated heterocycles. The molecule has 0 amide bonds. The highest BCUT2D eigenvalue weighted by atomic mass is 127. The molecule has 0 bridgehead atoms. The van der Waals surface area contributed by atoms with Crippen molar-refractivity contribution in [2.75, 3.05) is 0 Å². The van der Waals surface area contributed by atoms with E-state index in [1.165, 1.54) is 64.5 Å². The fourth-order valence-electron chi connectivity index (χ4n) is 5.54. The number of aromatic nitrogens is 2. The summed E-state index contributed by atoms with van der Waals surface area (Å²) in [6.07, 6.45) is 2.21. The van der Waals surface area contributed by atoms with E-state index in [9.17, 15) is 0 Å². The molecular formula is C31H21IN2. The first-order valence-electron chi connectivity index (χ1n) is 11.5. The Morgan fingerprint density at radius 1 is 0.618 bits per heavy atom. The first kappa shape index (κ1) is 19.9. The van der Waals surface area contributed by atoms with Crippen molar-refractivity contribution in [1.29, 1.82) is 0 Å². The average Bonchev–Trinajstić information content (AvgIpc) is 3.45. The van der Waals surface area contributed by atoms with Gasteiger partial charge < -0.3 is 9.97 Å². The maximum Gasteiger partial charge on any atom is 0.0524 e. The lowest BCUT2D eigenvalue weighted by atomic mass is 9.82. The maximum absolute atomic E-state index is 3.84. The van der Waals surface area contributed by atoms with Crippen molar-refractivity contribution in [2.24, 2.45) is 0 Å². The van der Waals surface area contributed by atoms with E-state index in [0.717, 1.165) is 0 Å². The third-order valence-corrected chi connectivity index (χ3v) is 8.13. The van der Waals surface area contributed by atoms with Crippen molar-refractivity contribution in [3.8, 4) is 0 Å². The summed E-state index contributed by atoms with van der Waals surface area (Å²) in [5.74, 6) is 0.101. The first-order valence-corrected chi connectivity index (χ1v) is 12.6. The minimum atomic E-state index is 0.101. The second-order valence-corrected chi connectivity index (χ2v) is 9.90. The zero-order valence-electron chi connectivity index (χ0n) is 18.3. The van der Waals surface area contributed by atoms with E-state index in [1.54, 1.807) is 0 Å². The van der Waals surface area contributed by atoms with Crippen LogP contribution in [0.15, 0.2) is 109 Å². The number of hydrogen-bond acceptors (Lipinski definition) is 0. The Labute approximate surface area is 211 Å². The van der Waals surface area contributed by atoms with Gasteiger partial charge in [0.05, 0.1) is 5.69 Å². The van der Waals surface area contributed by atoms with E-state index in [0.29, 0.717) is 0 Å². The molecule has 7 rings (SSSR count). The molecule has 1 aliphatic carbocycles. The maximum atomic E-state index is 3.84. The quantitative estimate of drug-likeness (QED) is 0.204. The average molecular weight is 548 g/mol. The van der Waals surface area contributed by atoms with Gasteiger partial charge in [0.25, 0.3) is 0 Å². The van der Waals surface area contributed by atoms with Crippen LogP contribution < -0.4 is 0 Å². The number of hydrogen-bond donors (Lipinski definition) is 2. The van der Waals surface area contributed by atoms with Gasteiger partial charge in [0.2, 0.25) is 0 Å². The molecule has 4 aromatic carbocycles. The third kappa shape index (κ3) is 2.86. The van der Waals surface area contributed by atoms with Crippen LogP contribution in [0, 0.1) is 0 Å². The highest BCUT2D eigenvalue weighted by molar-refractivity contribution is 14.1. The van der Waals surface area contributed by atoms with Crippen LogP contribution in [0.4, 0.5) is 0 Å². The monoisotopic (exact) mass is 548 g/mol. The summed E-state index contributed by atoms with van der Waals surface area (Å²) in [7, 11) is 0. The van der Waals surface area contributed by atoms with E-state index in [1.807, 2.05) is 0 Å². The number of rotatable bonds is 2. The lowest BCUT2D eigenvalue weighted by Crippen LogP contribution is -2.05. The third-order valence-electron chi connectivity index (χ3n) is 7.01. The Morgan fingerprint density at radius 3 is 2.15 bits per heavy atom. The van der Waals surface area contributed by atoms with E-state index in [2.05, 4.69) is 142 Å². The van der Waals surface area contributed by atoms with Gasteiger partial charge in [-0.1, -0.05) is 91.0 Å². The molecule has 3 heteroatoms. The Morgan fingerprint density at radius 2 is 1.29 bits per heavy atom. The van der Waals surface area contributed by atoms with Crippen LogP contribution in [0.5, 0.6) is 0 Å². The van der Waals surface area contributed by atoms with Crippen LogP contribution in [-0.2, 0) is 0 Å². The van der Waals surface area contributed by atoms with Crippen molar-refractivity contribution in [3.05, 3.63) is 143 Å². The molecule has 1 atom stereocenters. The number of nitrogens with one attached hydrogen (secondary N) is 2. The van der Waals surface area contributed by atoms with Gasteiger partial charge in [-0.2, -0.15) is 0 Å². The van der Waals surface area contributed by atoms with Crippen LogP contribution in [0.1, 0.15) is 39.4 Å². The molecule has 162 valence electrons. The molecule has 2 N–H and O–H groups in total. The Hall–Kier alpha value is -3.57. The molecule has 0 spiro atoms. The van der Waals surface area contributed by atoms with Gasteiger partial charge in [-0.3, -0.25) is 0 Å². The smallest absolute Gasteiger partial charge is 0.0524 e. The summed E-state index contributed by atoms with van der Waals surface area (Å²) in [5, 5.41) is 2.55. The minimum absolute atomic E-state index is 0.101. The normalized spacial score (nSPS) is 15.4. The molecule has 6 aromatic rings. The molecule has 1 aliphatic rings. The largest absolute Gasteiger partial charge is 0.361 e. The summed E-state index contributed by atoms with van der Waals surface area (Å²) in [5.41, 5.74) is 11.4. The summed E-state index contributed by atoms with van der Waals surface area (Å²) in [6, 6.07) is 37.0. The van der Waals surface area contributed by atoms with Crippen LogP contribution in [-0.4, -0.2) is 9.97 Å². The molecule has 0 aliphatic heterocycles. The van der Waals surface area contributed by atoms with Gasteiger partial charge in [-0.05, 0) is 62.5 Å². The van der Waals surface area contributed by atoms with Crippen LogP contribution in [0.2, 0.25) is 0 Å². The molecule has 0 fully saturated rings. The van der Waals surface area contributed by atoms with Gasteiger partial charge in [-0.25, -0.2) is 0 Å². The van der Waals surface area contributed by atoms with Crippen LogP contribution >= 0.6 is 22.6 Å². The van der Waals surface area contributed by atoms with Crippen molar-refractivity contribution < 1.29 is 0 Å². The van der Waals surface area contributed by atoms with Gasteiger partial charge in [0, 0.05) is 43.1 Å². The number of benzene rings is 4. The SMILES string of the molecule is IC1=C(c2ccccc2)c2[nH]c3ccccc3c2C(c2c[nH]c3ccccc23)c2ccccc21. The Bertz CT molecular complexity index is 1720. The Balaban J connectivity index is 1.66. The zero-order valence-corrected chi connectivity index (χ0v) is 20.5. The predicted octanol–water partition coefficient (Wildman–Crippen LogP) is 8.49. The van der Waals surface area contributed by atoms with Crippen molar-refractivity contribution >= 4 is 53.5 Å². The molecule has 2 nitrogen and oxygen atoms in total. The summed E-state index contributed by atoms with van der Waals surface area (Å²) in [6.45, 7) is 0. The highest BCUT2D eigenvalue weighted by Gasteiger charge is 2.33. The molecular weight excluding hydrogens is 527 g/mol. The van der Waals surface area contributed by atoms with Crippen molar-refractivity contribution in [2.45, 2.75) is 5.92 Å². The number of H-pyrrole nitrogens is 2. The predicted molar refractivity (Wildman–Crippen MR) is 150 cm³/mol.